The van der Waals surface area contributed by atoms with E-state index in [2.05, 4.69) is 20.5 Å². The molecule has 0 saturated carbocycles. The van der Waals surface area contributed by atoms with Gasteiger partial charge in [-0.15, -0.1) is 5.11 Å². The number of hydrogen-bond acceptors (Lipinski definition) is 15. The number of carbonyl (C=O) groups excluding carboxylic acids is 2. The van der Waals surface area contributed by atoms with Crippen molar-refractivity contribution < 1.29 is 187 Å². The minimum Gasteiger partial charge on any atom is -0.871 e. The van der Waals surface area contributed by atoms with Crippen molar-refractivity contribution in [1.82, 2.24) is 0 Å². The Morgan fingerprint density at radius 1 is 0.692 bits per heavy atom. The van der Waals surface area contributed by atoms with E-state index in [4.69, 9.17) is 0 Å². The standard InChI is InChI=1S/C26H20N4O15S3.4Na/c1-11(31)27-17-5-6-18(46(37,38)39)15-10-19(47(40,41)42)22(24(33)21(15)17)30-29-13-4-2-3-12(7-13)25(34)28-14-8-16(26(35)36)23(32)20(9-14)48(43,44)45;;;;/h2-10,32-33H,1H3,(H,27,31)(H,28,34)(H,35,36)(H,37,38,39)(H,40,41,42)(H,43,44,45);;;;/q;4*+1/p-4. The first-order chi connectivity index (χ1) is 22.1. The molecular formula is C26H16N4Na4O15S3. The normalized spacial score (nSPS) is 11.8. The molecule has 4 rings (SSSR count). The monoisotopic (exact) mass is 812 g/mol. The maximum atomic E-state index is 13.5. The van der Waals surface area contributed by atoms with Gasteiger partial charge in [0, 0.05) is 23.4 Å². The molecule has 0 fully saturated rings. The summed E-state index contributed by atoms with van der Waals surface area (Å²) in [6.45, 7) is 1.04. The third kappa shape index (κ3) is 11.7. The molecule has 4 aromatic carbocycles. The van der Waals surface area contributed by atoms with Crippen molar-refractivity contribution in [3.05, 3.63) is 65.7 Å². The molecule has 1 amide bonds. The van der Waals surface area contributed by atoms with Crippen LogP contribution in [0, 0.1) is 0 Å². The number of nitrogens with one attached hydrogen (secondary N) is 1. The minimum absolute atomic E-state index is 0. The van der Waals surface area contributed by atoms with Gasteiger partial charge in [0.1, 0.15) is 9.79 Å². The number of amides is 1. The van der Waals surface area contributed by atoms with Gasteiger partial charge in [0.2, 0.25) is 5.91 Å². The number of aliphatic imine (C=N–C) groups is 1. The van der Waals surface area contributed by atoms with Crippen LogP contribution < -0.4 is 144 Å². The minimum atomic E-state index is -5.35. The molecule has 4 aromatic rings. The molecule has 4 N–H and O–H groups in total. The zero-order chi connectivity index (χ0) is 35.9. The average molecular weight is 813 g/mol. The molecular weight excluding hydrogens is 796 g/mol. The summed E-state index contributed by atoms with van der Waals surface area (Å²) in [5.41, 5.74) is -3.97. The van der Waals surface area contributed by atoms with Crippen molar-refractivity contribution in [2.45, 2.75) is 21.6 Å². The summed E-state index contributed by atoms with van der Waals surface area (Å²) < 4.78 is 100. The Kier molecular flexibility index (Phi) is 18.8. The number of rotatable bonds is 9. The van der Waals surface area contributed by atoms with Crippen LogP contribution in [0.4, 0.5) is 22.7 Å². The fourth-order valence-corrected chi connectivity index (χ4v) is 6.15. The molecule has 0 bridgehead atoms. The summed E-state index contributed by atoms with van der Waals surface area (Å²) in [5.74, 6) is -7.06. The van der Waals surface area contributed by atoms with Gasteiger partial charge in [0.25, 0.3) is 30.4 Å². The van der Waals surface area contributed by atoms with Crippen LogP contribution in [-0.4, -0.2) is 56.7 Å². The van der Waals surface area contributed by atoms with Gasteiger partial charge in [0.15, 0.2) is 0 Å². The summed E-state index contributed by atoms with van der Waals surface area (Å²) in [7, 11) is -15.7. The van der Waals surface area contributed by atoms with Crippen LogP contribution in [0.2, 0.25) is 0 Å². The zero-order valence-electron chi connectivity index (χ0n) is 27.5. The largest absolute Gasteiger partial charge is 1.00 e. The summed E-state index contributed by atoms with van der Waals surface area (Å²) in [6, 6.07) is 7.59. The topological polar surface area (TPSA) is 339 Å². The molecule has 0 radical (unpaired) electrons. The van der Waals surface area contributed by atoms with E-state index in [1.807, 2.05) is 0 Å². The number of carbonyl (C=O) groups is 2. The predicted octanol–water partition coefficient (Wildman–Crippen LogP) is -12.1. The van der Waals surface area contributed by atoms with Gasteiger partial charge in [-0.2, -0.15) is 30.4 Å². The van der Waals surface area contributed by atoms with E-state index in [1.54, 1.807) is 0 Å². The van der Waals surface area contributed by atoms with Crippen LogP contribution in [0.3, 0.4) is 0 Å². The molecule has 0 aliphatic carbocycles. The number of azo groups is 1. The average Bonchev–Trinajstić information content (AvgIpc) is 2.95. The fourth-order valence-electron chi connectivity index (χ4n) is 4.21. The van der Waals surface area contributed by atoms with E-state index in [9.17, 15) is 68.9 Å². The second-order valence-corrected chi connectivity index (χ2v) is 13.6. The molecule has 0 aromatic heterocycles. The molecule has 52 heavy (non-hydrogen) atoms. The Balaban J connectivity index is 0.00000650. The van der Waals surface area contributed by atoms with Gasteiger partial charge in [0.05, 0.1) is 27.9 Å². The van der Waals surface area contributed by atoms with E-state index >= 15 is 0 Å². The predicted molar refractivity (Wildman–Crippen MR) is 154 cm³/mol. The first kappa shape index (κ1) is 50.5. The molecule has 19 nitrogen and oxygen atoms in total. The van der Waals surface area contributed by atoms with Crippen LogP contribution in [0.25, 0.3) is 10.8 Å². The van der Waals surface area contributed by atoms with Crippen LogP contribution in [-0.2, 0) is 35.1 Å². The first-order valence-corrected chi connectivity index (χ1v) is 16.8. The Morgan fingerprint density at radius 3 is 1.79 bits per heavy atom. The van der Waals surface area contributed by atoms with Gasteiger partial charge in [-0.25, -0.2) is 0 Å². The van der Waals surface area contributed by atoms with E-state index in [0.29, 0.717) is 18.2 Å². The van der Waals surface area contributed by atoms with Crippen LogP contribution in [0.15, 0.2) is 84.5 Å². The molecule has 26 heteroatoms. The fraction of sp³-hybridized carbons (Fsp3) is 0.0385. The molecule has 0 atom stereocenters. The molecule has 0 aliphatic rings. The van der Waals surface area contributed by atoms with Crippen molar-refractivity contribution in [2.24, 2.45) is 15.2 Å². The number of benzene rings is 4. The molecule has 0 heterocycles. The Morgan fingerprint density at radius 2 is 1.27 bits per heavy atom. The Bertz CT molecular complexity index is 2460. The van der Waals surface area contributed by atoms with Gasteiger partial charge in [-0.05, 0) is 59.5 Å². The van der Waals surface area contributed by atoms with Crippen molar-refractivity contribution in [3.8, 4) is 11.5 Å². The smallest absolute Gasteiger partial charge is 0.871 e. The number of fused-ring (bicyclic) bond motifs is 1. The van der Waals surface area contributed by atoms with Gasteiger partial charge in [-0.3, -0.25) is 23.4 Å². The zero-order valence-corrected chi connectivity index (χ0v) is 38.0. The van der Waals surface area contributed by atoms with E-state index in [0.717, 1.165) is 31.2 Å². The van der Waals surface area contributed by atoms with Gasteiger partial charge >= 0.3 is 118 Å². The number of hydrogen-bond donors (Lipinski definition) is 4. The molecule has 0 unspecified atom stereocenters. The maximum absolute atomic E-state index is 13.5. The Hall–Kier alpha value is -1.52. The van der Waals surface area contributed by atoms with E-state index in [-0.39, 0.29) is 135 Å². The Labute approximate surface area is 383 Å². The SMILES string of the molecule is CC(=O)Nc1ccc(S(=O)(=O)O)c2cc(S(=O)(=O)O)c(N=Nc3cccc(C([O-])=Nc4cc(C(=O)[O-])c([O-])c(S(=O)(=O)O)c4)c3)c([O-])c12.[Na+].[Na+].[Na+].[Na+]. The number of aromatic carboxylic acids is 1. The summed E-state index contributed by atoms with van der Waals surface area (Å²) >= 11 is 0. The van der Waals surface area contributed by atoms with Gasteiger partial charge < -0.3 is 30.5 Å². The van der Waals surface area contributed by atoms with Crippen LogP contribution in [0.5, 0.6) is 11.5 Å². The summed E-state index contributed by atoms with van der Waals surface area (Å²) in [5, 5.41) is 57.8. The number of carboxylic acids is 1. The second-order valence-electron chi connectivity index (χ2n) is 9.47. The van der Waals surface area contributed by atoms with Crippen molar-refractivity contribution in [3.63, 3.8) is 0 Å². The van der Waals surface area contributed by atoms with Gasteiger partial charge in [-0.1, -0.05) is 23.6 Å². The number of carboxylic acid groups (broad SMARTS) is 1. The molecule has 0 aliphatic heterocycles. The van der Waals surface area contributed by atoms with E-state index in [1.165, 1.54) is 12.1 Å². The molecule has 252 valence electrons. The second kappa shape index (κ2) is 19.4. The first-order valence-electron chi connectivity index (χ1n) is 12.4. The van der Waals surface area contributed by atoms with Crippen LogP contribution >= 0.6 is 0 Å². The summed E-state index contributed by atoms with van der Waals surface area (Å²) in [6.07, 6.45) is 0. The molecule has 0 spiro atoms. The van der Waals surface area contributed by atoms with Crippen LogP contribution in [0.1, 0.15) is 22.8 Å². The van der Waals surface area contributed by atoms with E-state index < -0.39 is 102 Å². The maximum Gasteiger partial charge on any atom is 1.00 e. The molecule has 0 saturated heterocycles. The van der Waals surface area contributed by atoms with Crippen molar-refractivity contribution >= 4 is 81.7 Å². The van der Waals surface area contributed by atoms with Crippen molar-refractivity contribution in [1.29, 1.82) is 0 Å². The third-order valence-corrected chi connectivity index (χ3v) is 8.79. The van der Waals surface area contributed by atoms with Crippen molar-refractivity contribution in [2.75, 3.05) is 5.32 Å². The summed E-state index contributed by atoms with van der Waals surface area (Å²) in [4.78, 5) is 22.9. The number of nitrogens with zero attached hydrogens (tertiary/aromatic N) is 3. The third-order valence-electron chi connectivity index (χ3n) is 6.15. The number of anilines is 1. The quantitative estimate of drug-likeness (QED) is 0.0401.